The van der Waals surface area contributed by atoms with Gasteiger partial charge in [-0.2, -0.15) is 0 Å². The van der Waals surface area contributed by atoms with Gasteiger partial charge in [0.25, 0.3) is 15.0 Å². The van der Waals surface area contributed by atoms with Gasteiger partial charge in [-0.3, -0.25) is 4.79 Å². The highest BCUT2D eigenvalue weighted by molar-refractivity contribution is 8.13. The van der Waals surface area contributed by atoms with Gasteiger partial charge in [-0.05, 0) is 32.4 Å². The summed E-state index contributed by atoms with van der Waals surface area (Å²) in [4.78, 5) is 11.8. The van der Waals surface area contributed by atoms with Crippen LogP contribution in [0, 0.1) is 0 Å². The maximum absolute atomic E-state index is 12.2. The third-order valence-electron chi connectivity index (χ3n) is 2.86. The van der Waals surface area contributed by atoms with E-state index in [4.69, 9.17) is 33.9 Å². The third-order valence-corrected chi connectivity index (χ3v) is 4.96. The van der Waals surface area contributed by atoms with E-state index in [1.807, 2.05) is 20.8 Å². The number of carbonyl (C=O) groups excluding carboxylic acids is 1. The first-order chi connectivity index (χ1) is 8.98. The molecular formula is C12H14Cl3NO3S. The molecule has 0 aromatic heterocycles. The summed E-state index contributed by atoms with van der Waals surface area (Å²) in [6.45, 7) is 5.60. The molecule has 0 bridgehead atoms. The highest BCUT2D eigenvalue weighted by atomic mass is 35.7. The Labute approximate surface area is 132 Å². The van der Waals surface area contributed by atoms with Gasteiger partial charge in [0, 0.05) is 16.2 Å². The lowest BCUT2D eigenvalue weighted by Gasteiger charge is -2.24. The molecule has 8 heteroatoms. The number of carbonyl (C=O) groups is 1. The molecule has 1 rings (SSSR count). The topological polar surface area (TPSA) is 63.2 Å². The fourth-order valence-corrected chi connectivity index (χ4v) is 3.18. The Morgan fingerprint density at radius 1 is 1.25 bits per heavy atom. The predicted molar refractivity (Wildman–Crippen MR) is 81.3 cm³/mol. The Hall–Kier alpha value is -0.490. The molecule has 4 nitrogen and oxygen atoms in total. The number of benzene rings is 1. The first-order valence-corrected chi connectivity index (χ1v) is 8.80. The molecule has 112 valence electrons. The largest absolute Gasteiger partial charge is 0.347 e. The van der Waals surface area contributed by atoms with Crippen molar-refractivity contribution in [2.75, 3.05) is 0 Å². The number of amides is 1. The van der Waals surface area contributed by atoms with Crippen molar-refractivity contribution in [1.82, 2.24) is 5.32 Å². The Balaban J connectivity index is 3.30. The summed E-state index contributed by atoms with van der Waals surface area (Å²) in [7, 11) is 1.21. The molecule has 0 unspecified atom stereocenters. The monoisotopic (exact) mass is 357 g/mol. The molecule has 0 heterocycles. The molecule has 0 spiro atoms. The smallest absolute Gasteiger partial charge is 0.262 e. The van der Waals surface area contributed by atoms with Crippen LogP contribution in [0.15, 0.2) is 17.0 Å². The van der Waals surface area contributed by atoms with Gasteiger partial charge >= 0.3 is 0 Å². The van der Waals surface area contributed by atoms with E-state index in [-0.39, 0.29) is 20.5 Å². The maximum atomic E-state index is 12.2. The Kier molecular flexibility index (Phi) is 5.35. The lowest BCUT2D eigenvalue weighted by molar-refractivity contribution is 0.0911. The Morgan fingerprint density at radius 2 is 1.80 bits per heavy atom. The van der Waals surface area contributed by atoms with Crippen molar-refractivity contribution in [2.45, 2.75) is 37.6 Å². The summed E-state index contributed by atoms with van der Waals surface area (Å²) < 4.78 is 22.8. The van der Waals surface area contributed by atoms with E-state index in [0.717, 1.165) is 6.07 Å². The van der Waals surface area contributed by atoms with Crippen molar-refractivity contribution in [3.05, 3.63) is 27.7 Å². The van der Waals surface area contributed by atoms with Crippen molar-refractivity contribution in [3.63, 3.8) is 0 Å². The molecule has 0 saturated heterocycles. The van der Waals surface area contributed by atoms with Crippen LogP contribution in [0.25, 0.3) is 0 Å². The zero-order chi connectivity index (χ0) is 15.7. The van der Waals surface area contributed by atoms with Crippen molar-refractivity contribution in [3.8, 4) is 0 Å². The minimum absolute atomic E-state index is 0.0109. The molecule has 0 saturated carbocycles. The van der Waals surface area contributed by atoms with Crippen LogP contribution in [0.3, 0.4) is 0 Å². The average Bonchev–Trinajstić information content (AvgIpc) is 2.26. The van der Waals surface area contributed by atoms with E-state index in [2.05, 4.69) is 5.32 Å². The van der Waals surface area contributed by atoms with Gasteiger partial charge in [-0.15, -0.1) is 0 Å². The van der Waals surface area contributed by atoms with Crippen molar-refractivity contribution in [1.29, 1.82) is 0 Å². The van der Waals surface area contributed by atoms with E-state index in [0.29, 0.717) is 6.42 Å². The number of nitrogens with one attached hydrogen (secondary N) is 1. The van der Waals surface area contributed by atoms with E-state index >= 15 is 0 Å². The van der Waals surface area contributed by atoms with E-state index in [1.165, 1.54) is 6.07 Å². The zero-order valence-electron chi connectivity index (χ0n) is 11.1. The lowest BCUT2D eigenvalue weighted by Crippen LogP contribution is -2.42. The van der Waals surface area contributed by atoms with Crippen LogP contribution in [-0.2, 0) is 9.05 Å². The standard InChI is InChI=1S/C12H14Cl3NO3S/c1-4-12(2,3)16-11(17)7-5-10(20(15,18)19)9(14)6-8(7)13/h5-6H,4H2,1-3H3,(H,16,17). The average molecular weight is 359 g/mol. The predicted octanol–water partition coefficient (Wildman–Crippen LogP) is 3.84. The fourth-order valence-electron chi connectivity index (χ4n) is 1.35. The minimum atomic E-state index is -4.05. The molecule has 20 heavy (non-hydrogen) atoms. The molecule has 0 fully saturated rings. The summed E-state index contributed by atoms with van der Waals surface area (Å²) in [5.74, 6) is -0.486. The molecule has 0 atom stereocenters. The van der Waals surface area contributed by atoms with Crippen LogP contribution in [0.2, 0.25) is 10.0 Å². The lowest BCUT2D eigenvalue weighted by atomic mass is 10.0. The van der Waals surface area contributed by atoms with Crippen LogP contribution in [-0.4, -0.2) is 19.9 Å². The number of rotatable bonds is 4. The second-order valence-electron chi connectivity index (χ2n) is 4.89. The maximum Gasteiger partial charge on any atom is 0.262 e. The van der Waals surface area contributed by atoms with Gasteiger partial charge in [-0.25, -0.2) is 8.42 Å². The molecule has 0 aliphatic carbocycles. The van der Waals surface area contributed by atoms with E-state index < -0.39 is 20.5 Å². The molecular weight excluding hydrogens is 345 g/mol. The van der Waals surface area contributed by atoms with Gasteiger partial charge in [0.2, 0.25) is 0 Å². The molecule has 1 aromatic rings. The number of hydrogen-bond donors (Lipinski definition) is 1. The molecule has 1 amide bonds. The molecule has 1 aromatic carbocycles. The fraction of sp³-hybridized carbons (Fsp3) is 0.417. The van der Waals surface area contributed by atoms with Crippen LogP contribution >= 0.6 is 33.9 Å². The molecule has 0 radical (unpaired) electrons. The summed E-state index contributed by atoms with van der Waals surface area (Å²) in [5, 5.41) is 2.69. The number of hydrogen-bond acceptors (Lipinski definition) is 3. The van der Waals surface area contributed by atoms with E-state index in [1.54, 1.807) is 0 Å². The normalized spacial score (nSPS) is 12.3. The Bertz CT molecular complexity index is 642. The summed E-state index contributed by atoms with van der Waals surface area (Å²) in [6, 6.07) is 2.26. The summed E-state index contributed by atoms with van der Waals surface area (Å²) in [6.07, 6.45) is 0.699. The summed E-state index contributed by atoms with van der Waals surface area (Å²) in [5.41, 5.74) is -0.433. The van der Waals surface area contributed by atoms with Gasteiger partial charge in [-0.1, -0.05) is 30.1 Å². The van der Waals surface area contributed by atoms with Crippen LogP contribution < -0.4 is 5.32 Å². The quantitative estimate of drug-likeness (QED) is 0.832. The van der Waals surface area contributed by atoms with Gasteiger partial charge < -0.3 is 5.32 Å². The highest BCUT2D eigenvalue weighted by Gasteiger charge is 2.24. The van der Waals surface area contributed by atoms with Crippen LogP contribution in [0.1, 0.15) is 37.6 Å². The molecule has 1 N–H and O–H groups in total. The second-order valence-corrected chi connectivity index (χ2v) is 8.24. The van der Waals surface area contributed by atoms with Gasteiger partial charge in [0.15, 0.2) is 0 Å². The zero-order valence-corrected chi connectivity index (χ0v) is 14.2. The van der Waals surface area contributed by atoms with Crippen molar-refractivity contribution < 1.29 is 13.2 Å². The van der Waals surface area contributed by atoms with Crippen LogP contribution in [0.5, 0.6) is 0 Å². The van der Waals surface area contributed by atoms with Crippen molar-refractivity contribution in [2.24, 2.45) is 0 Å². The molecule has 0 aliphatic heterocycles. The first-order valence-electron chi connectivity index (χ1n) is 5.74. The van der Waals surface area contributed by atoms with Crippen LogP contribution in [0.4, 0.5) is 0 Å². The SMILES string of the molecule is CCC(C)(C)NC(=O)c1cc(S(=O)(=O)Cl)c(Cl)cc1Cl. The third kappa shape index (κ3) is 4.25. The van der Waals surface area contributed by atoms with Crippen molar-refractivity contribution >= 4 is 48.8 Å². The second kappa shape index (κ2) is 6.10. The number of halogens is 3. The highest BCUT2D eigenvalue weighted by Crippen LogP contribution is 2.31. The molecule has 0 aliphatic rings. The Morgan fingerprint density at radius 3 is 2.25 bits per heavy atom. The minimum Gasteiger partial charge on any atom is -0.347 e. The first kappa shape index (κ1) is 17.6. The van der Waals surface area contributed by atoms with E-state index in [9.17, 15) is 13.2 Å². The van der Waals surface area contributed by atoms with Gasteiger partial charge in [0.05, 0.1) is 15.6 Å². The van der Waals surface area contributed by atoms with Gasteiger partial charge in [0.1, 0.15) is 4.90 Å². The summed E-state index contributed by atoms with van der Waals surface area (Å²) >= 11 is 11.7.